The molecule has 104 valence electrons. The second-order valence-corrected chi connectivity index (χ2v) is 7.15. The monoisotopic (exact) mass is 322 g/mol. The summed E-state index contributed by atoms with van der Waals surface area (Å²) in [5.74, 6) is 1.59. The van der Waals surface area contributed by atoms with Crippen LogP contribution in [-0.4, -0.2) is 19.1 Å². The molecule has 19 heavy (non-hydrogen) atoms. The van der Waals surface area contributed by atoms with Gasteiger partial charge in [-0.05, 0) is 58.3 Å². The van der Waals surface area contributed by atoms with Crippen LogP contribution in [0.3, 0.4) is 0 Å². The molecule has 1 aliphatic heterocycles. The number of rotatable bonds is 4. The van der Waals surface area contributed by atoms with Crippen LogP contribution in [0, 0.1) is 11.8 Å². The van der Waals surface area contributed by atoms with E-state index in [2.05, 4.69) is 58.2 Å². The SMILES string of the molecule is CC1CN(c2ccc(CNC3CC3)cc2Br)CC1C. The van der Waals surface area contributed by atoms with E-state index in [9.17, 15) is 0 Å². The Kier molecular flexibility index (Phi) is 3.86. The van der Waals surface area contributed by atoms with Gasteiger partial charge in [-0.2, -0.15) is 0 Å². The molecule has 0 amide bonds. The van der Waals surface area contributed by atoms with E-state index < -0.39 is 0 Å². The molecule has 1 heterocycles. The van der Waals surface area contributed by atoms with E-state index in [-0.39, 0.29) is 0 Å². The molecule has 0 spiro atoms. The van der Waals surface area contributed by atoms with Gasteiger partial charge in [-0.15, -0.1) is 0 Å². The largest absolute Gasteiger partial charge is 0.370 e. The number of nitrogens with one attached hydrogen (secondary N) is 1. The van der Waals surface area contributed by atoms with E-state index in [0.717, 1.165) is 24.4 Å². The first-order valence-electron chi connectivity index (χ1n) is 7.40. The Morgan fingerprint density at radius 2 is 1.89 bits per heavy atom. The molecule has 0 radical (unpaired) electrons. The summed E-state index contributed by atoms with van der Waals surface area (Å²) in [6.07, 6.45) is 2.70. The van der Waals surface area contributed by atoms with Gasteiger partial charge in [-0.3, -0.25) is 0 Å². The third-order valence-electron chi connectivity index (χ3n) is 4.51. The molecule has 1 aliphatic carbocycles. The van der Waals surface area contributed by atoms with Crippen molar-refractivity contribution in [3.63, 3.8) is 0 Å². The molecule has 1 saturated carbocycles. The zero-order valence-corrected chi connectivity index (χ0v) is 13.4. The van der Waals surface area contributed by atoms with E-state index in [1.165, 1.54) is 41.7 Å². The van der Waals surface area contributed by atoms with Gasteiger partial charge in [0.05, 0.1) is 5.69 Å². The lowest BCUT2D eigenvalue weighted by molar-refractivity contribution is 0.494. The highest BCUT2D eigenvalue weighted by atomic mass is 79.9. The molecular formula is C16H23BrN2. The first-order valence-corrected chi connectivity index (χ1v) is 8.19. The summed E-state index contributed by atoms with van der Waals surface area (Å²) in [5, 5.41) is 3.57. The molecule has 2 atom stereocenters. The predicted molar refractivity (Wildman–Crippen MR) is 84.5 cm³/mol. The fourth-order valence-electron chi connectivity index (χ4n) is 2.79. The normalized spacial score (nSPS) is 27.0. The van der Waals surface area contributed by atoms with E-state index in [1.54, 1.807) is 0 Å². The molecule has 2 nitrogen and oxygen atoms in total. The van der Waals surface area contributed by atoms with Gasteiger partial charge < -0.3 is 10.2 Å². The second kappa shape index (κ2) is 5.45. The topological polar surface area (TPSA) is 15.3 Å². The Morgan fingerprint density at radius 1 is 1.21 bits per heavy atom. The van der Waals surface area contributed by atoms with Crippen molar-refractivity contribution in [2.24, 2.45) is 11.8 Å². The van der Waals surface area contributed by atoms with Crippen molar-refractivity contribution >= 4 is 21.6 Å². The summed E-state index contributed by atoms with van der Waals surface area (Å²) in [6, 6.07) is 7.60. The molecule has 1 aromatic carbocycles. The van der Waals surface area contributed by atoms with Crippen LogP contribution in [0.1, 0.15) is 32.3 Å². The van der Waals surface area contributed by atoms with Crippen LogP contribution >= 0.6 is 15.9 Å². The van der Waals surface area contributed by atoms with Crippen LogP contribution in [0.5, 0.6) is 0 Å². The molecule has 2 aliphatic rings. The third-order valence-corrected chi connectivity index (χ3v) is 5.15. The Balaban J connectivity index is 1.68. The summed E-state index contributed by atoms with van der Waals surface area (Å²) in [7, 11) is 0. The molecule has 1 aromatic rings. The minimum atomic E-state index is 0.777. The quantitative estimate of drug-likeness (QED) is 0.907. The second-order valence-electron chi connectivity index (χ2n) is 6.30. The van der Waals surface area contributed by atoms with Gasteiger partial charge in [0.25, 0.3) is 0 Å². The fraction of sp³-hybridized carbons (Fsp3) is 0.625. The Labute approximate surface area is 124 Å². The molecule has 1 saturated heterocycles. The molecule has 2 unspecified atom stereocenters. The number of benzene rings is 1. The minimum absolute atomic E-state index is 0.777. The number of hydrogen-bond donors (Lipinski definition) is 1. The molecule has 0 aromatic heterocycles. The summed E-state index contributed by atoms with van der Waals surface area (Å²) in [5.41, 5.74) is 2.73. The van der Waals surface area contributed by atoms with Gasteiger partial charge in [0, 0.05) is 30.1 Å². The highest BCUT2D eigenvalue weighted by Crippen LogP contribution is 2.33. The maximum Gasteiger partial charge on any atom is 0.0511 e. The van der Waals surface area contributed by atoms with Crippen molar-refractivity contribution in [3.8, 4) is 0 Å². The number of nitrogens with zero attached hydrogens (tertiary/aromatic N) is 1. The lowest BCUT2D eigenvalue weighted by atomic mass is 10.0. The van der Waals surface area contributed by atoms with Crippen molar-refractivity contribution in [1.82, 2.24) is 5.32 Å². The van der Waals surface area contributed by atoms with Gasteiger partial charge in [-0.1, -0.05) is 19.9 Å². The van der Waals surface area contributed by atoms with Gasteiger partial charge in [-0.25, -0.2) is 0 Å². The molecule has 2 fully saturated rings. The van der Waals surface area contributed by atoms with E-state index >= 15 is 0 Å². The van der Waals surface area contributed by atoms with Crippen LogP contribution in [0.25, 0.3) is 0 Å². The predicted octanol–water partition coefficient (Wildman–Crippen LogP) is 3.79. The number of anilines is 1. The summed E-state index contributed by atoms with van der Waals surface area (Å²) in [4.78, 5) is 2.51. The van der Waals surface area contributed by atoms with E-state index in [0.29, 0.717) is 0 Å². The number of halogens is 1. The van der Waals surface area contributed by atoms with Gasteiger partial charge in [0.15, 0.2) is 0 Å². The number of hydrogen-bond acceptors (Lipinski definition) is 2. The van der Waals surface area contributed by atoms with E-state index in [4.69, 9.17) is 0 Å². The van der Waals surface area contributed by atoms with Gasteiger partial charge in [0.1, 0.15) is 0 Å². The fourth-order valence-corrected chi connectivity index (χ4v) is 3.47. The average Bonchev–Trinajstić information content (AvgIpc) is 3.14. The van der Waals surface area contributed by atoms with Gasteiger partial charge in [0.2, 0.25) is 0 Å². The zero-order chi connectivity index (χ0) is 13.4. The Morgan fingerprint density at radius 3 is 2.47 bits per heavy atom. The van der Waals surface area contributed by atoms with Crippen molar-refractivity contribution in [2.45, 2.75) is 39.3 Å². The molecule has 0 bridgehead atoms. The minimum Gasteiger partial charge on any atom is -0.370 e. The summed E-state index contributed by atoms with van der Waals surface area (Å²) < 4.78 is 1.24. The van der Waals surface area contributed by atoms with Gasteiger partial charge >= 0.3 is 0 Å². The maximum atomic E-state index is 3.75. The first-order chi connectivity index (χ1) is 9.13. The van der Waals surface area contributed by atoms with Crippen LogP contribution < -0.4 is 10.2 Å². The van der Waals surface area contributed by atoms with Crippen LogP contribution in [0.4, 0.5) is 5.69 Å². The molecule has 3 rings (SSSR count). The smallest absolute Gasteiger partial charge is 0.0511 e. The van der Waals surface area contributed by atoms with Crippen molar-refractivity contribution < 1.29 is 0 Å². The molecular weight excluding hydrogens is 300 g/mol. The Hall–Kier alpha value is -0.540. The van der Waals surface area contributed by atoms with Crippen molar-refractivity contribution in [1.29, 1.82) is 0 Å². The molecule has 3 heteroatoms. The Bertz CT molecular complexity index is 446. The van der Waals surface area contributed by atoms with Crippen LogP contribution in [0.2, 0.25) is 0 Å². The average molecular weight is 323 g/mol. The lowest BCUT2D eigenvalue weighted by Crippen LogP contribution is -2.20. The van der Waals surface area contributed by atoms with E-state index in [1.807, 2.05) is 0 Å². The maximum absolute atomic E-state index is 3.75. The van der Waals surface area contributed by atoms with Crippen molar-refractivity contribution in [2.75, 3.05) is 18.0 Å². The molecule has 1 N–H and O–H groups in total. The van der Waals surface area contributed by atoms with Crippen LogP contribution in [-0.2, 0) is 6.54 Å². The highest BCUT2D eigenvalue weighted by molar-refractivity contribution is 9.10. The van der Waals surface area contributed by atoms with Crippen LogP contribution in [0.15, 0.2) is 22.7 Å². The first kappa shape index (κ1) is 13.4. The van der Waals surface area contributed by atoms with Crippen molar-refractivity contribution in [3.05, 3.63) is 28.2 Å². The summed E-state index contributed by atoms with van der Waals surface area (Å²) in [6.45, 7) is 8.06. The lowest BCUT2D eigenvalue weighted by Gasteiger charge is -2.20. The summed E-state index contributed by atoms with van der Waals surface area (Å²) >= 11 is 3.75. The third kappa shape index (κ3) is 3.14. The highest BCUT2D eigenvalue weighted by Gasteiger charge is 2.27. The zero-order valence-electron chi connectivity index (χ0n) is 11.8. The standard InChI is InChI=1S/C16H23BrN2/c1-11-9-19(10-12(11)2)16-6-3-13(7-15(16)17)8-18-14-4-5-14/h3,6-7,11-12,14,18H,4-5,8-10H2,1-2H3.